The minimum Gasteiger partial charge on any atom is -0.494 e. The first kappa shape index (κ1) is 20.5. The molecule has 0 aliphatic carbocycles. The van der Waals surface area contributed by atoms with Gasteiger partial charge in [0, 0.05) is 23.4 Å². The first-order valence-corrected chi connectivity index (χ1v) is 10.2. The number of aromatic nitrogens is 1. The van der Waals surface area contributed by atoms with Gasteiger partial charge in [-0.2, -0.15) is 0 Å². The number of rotatable bonds is 7. The van der Waals surface area contributed by atoms with E-state index < -0.39 is 0 Å². The Bertz CT molecular complexity index is 1010. The topological polar surface area (TPSA) is 80.3 Å². The van der Waals surface area contributed by atoms with E-state index in [-0.39, 0.29) is 11.8 Å². The molecule has 7 heteroatoms. The van der Waals surface area contributed by atoms with Gasteiger partial charge in [0.05, 0.1) is 12.3 Å². The highest BCUT2D eigenvalue weighted by Gasteiger charge is 2.17. The van der Waals surface area contributed by atoms with Crippen molar-refractivity contribution in [2.75, 3.05) is 17.2 Å². The second-order valence-electron chi connectivity index (χ2n) is 6.33. The molecule has 1 heterocycles. The molecule has 0 radical (unpaired) electrons. The van der Waals surface area contributed by atoms with Crippen molar-refractivity contribution in [3.8, 4) is 16.3 Å². The third kappa shape index (κ3) is 5.20. The van der Waals surface area contributed by atoms with Crippen LogP contribution in [0.5, 0.6) is 5.75 Å². The second-order valence-corrected chi connectivity index (χ2v) is 7.33. The summed E-state index contributed by atoms with van der Waals surface area (Å²) in [6, 6.07) is 14.7. The van der Waals surface area contributed by atoms with E-state index in [9.17, 15) is 9.59 Å². The van der Waals surface area contributed by atoms with Crippen molar-refractivity contribution in [2.45, 2.75) is 27.2 Å². The van der Waals surface area contributed by atoms with Gasteiger partial charge in [0.25, 0.3) is 5.91 Å². The van der Waals surface area contributed by atoms with E-state index in [1.807, 2.05) is 38.1 Å². The Balaban J connectivity index is 1.75. The van der Waals surface area contributed by atoms with Crippen LogP contribution in [0.3, 0.4) is 0 Å². The molecule has 6 nitrogen and oxygen atoms in total. The van der Waals surface area contributed by atoms with Crippen LogP contribution in [0.1, 0.15) is 35.6 Å². The summed E-state index contributed by atoms with van der Waals surface area (Å²) >= 11 is 1.34. The molecular weight excluding hydrogens is 386 g/mol. The van der Waals surface area contributed by atoms with E-state index in [0.29, 0.717) is 35.0 Å². The van der Waals surface area contributed by atoms with Crippen molar-refractivity contribution in [3.63, 3.8) is 0 Å². The standard InChI is InChI=1S/C22H23N3O3S/c1-4-19(26)24-16-7-6-8-17(13-16)25-21(27)20-14(3)23-22(29-20)15-9-11-18(12-10-15)28-5-2/h6-13H,4-5H2,1-3H3,(H,24,26)(H,25,27). The van der Waals surface area contributed by atoms with Gasteiger partial charge in [-0.05, 0) is 56.3 Å². The summed E-state index contributed by atoms with van der Waals surface area (Å²) in [7, 11) is 0. The van der Waals surface area contributed by atoms with Crippen LogP contribution in [0.2, 0.25) is 0 Å². The number of carbonyl (C=O) groups is 2. The molecule has 0 aliphatic rings. The lowest BCUT2D eigenvalue weighted by molar-refractivity contribution is -0.115. The average Bonchev–Trinajstić information content (AvgIpc) is 3.11. The quantitative estimate of drug-likeness (QED) is 0.568. The molecule has 29 heavy (non-hydrogen) atoms. The maximum Gasteiger partial charge on any atom is 0.267 e. The lowest BCUT2D eigenvalue weighted by Gasteiger charge is -2.08. The molecule has 2 aromatic carbocycles. The third-order valence-electron chi connectivity index (χ3n) is 4.14. The number of benzene rings is 2. The van der Waals surface area contributed by atoms with E-state index in [1.54, 1.807) is 31.2 Å². The minimum atomic E-state index is -0.226. The van der Waals surface area contributed by atoms with Crippen LogP contribution in [-0.2, 0) is 4.79 Å². The third-order valence-corrected chi connectivity index (χ3v) is 5.35. The number of nitrogens with one attached hydrogen (secondary N) is 2. The molecule has 0 saturated carbocycles. The normalized spacial score (nSPS) is 10.4. The Labute approximate surface area is 173 Å². The second kappa shape index (κ2) is 9.34. The Kier molecular flexibility index (Phi) is 6.61. The van der Waals surface area contributed by atoms with Gasteiger partial charge in [0.1, 0.15) is 15.6 Å². The SMILES string of the molecule is CCOc1ccc(-c2nc(C)c(C(=O)Nc3cccc(NC(=O)CC)c3)s2)cc1. The number of hydrogen-bond acceptors (Lipinski definition) is 5. The highest BCUT2D eigenvalue weighted by molar-refractivity contribution is 7.17. The number of carbonyl (C=O) groups excluding carboxylic acids is 2. The number of thiazole rings is 1. The molecule has 2 N–H and O–H groups in total. The van der Waals surface area contributed by atoms with Crippen LogP contribution in [-0.4, -0.2) is 23.4 Å². The van der Waals surface area contributed by atoms with E-state index in [4.69, 9.17) is 4.74 Å². The molecule has 0 spiro atoms. The Hall–Kier alpha value is -3.19. The van der Waals surface area contributed by atoms with Gasteiger partial charge in [-0.15, -0.1) is 11.3 Å². The number of hydrogen-bond donors (Lipinski definition) is 2. The average molecular weight is 410 g/mol. The van der Waals surface area contributed by atoms with Crippen molar-refractivity contribution >= 4 is 34.5 Å². The van der Waals surface area contributed by atoms with Crippen molar-refractivity contribution in [2.24, 2.45) is 0 Å². The van der Waals surface area contributed by atoms with Crippen LogP contribution in [0.15, 0.2) is 48.5 Å². The van der Waals surface area contributed by atoms with Crippen LogP contribution >= 0.6 is 11.3 Å². The molecule has 0 saturated heterocycles. The van der Waals surface area contributed by atoms with Crippen molar-refractivity contribution in [1.29, 1.82) is 0 Å². The number of amides is 2. The molecular formula is C22H23N3O3S. The zero-order valence-electron chi connectivity index (χ0n) is 16.6. The summed E-state index contributed by atoms with van der Waals surface area (Å²) in [5.74, 6) is 0.500. The Morgan fingerprint density at radius 3 is 2.38 bits per heavy atom. The summed E-state index contributed by atoms with van der Waals surface area (Å²) in [6.07, 6.45) is 0.394. The molecule has 1 aromatic heterocycles. The Morgan fingerprint density at radius 1 is 1.03 bits per heavy atom. The molecule has 0 fully saturated rings. The maximum atomic E-state index is 12.8. The molecule has 0 bridgehead atoms. The first-order chi connectivity index (χ1) is 14.0. The van der Waals surface area contributed by atoms with Crippen molar-refractivity contribution in [1.82, 2.24) is 4.98 Å². The van der Waals surface area contributed by atoms with Crippen LogP contribution < -0.4 is 15.4 Å². The fourth-order valence-electron chi connectivity index (χ4n) is 2.70. The minimum absolute atomic E-state index is 0.0771. The number of ether oxygens (including phenoxy) is 1. The highest BCUT2D eigenvalue weighted by atomic mass is 32.1. The Morgan fingerprint density at radius 2 is 1.72 bits per heavy atom. The molecule has 3 aromatic rings. The largest absolute Gasteiger partial charge is 0.494 e. The van der Waals surface area contributed by atoms with Gasteiger partial charge >= 0.3 is 0 Å². The van der Waals surface area contributed by atoms with E-state index >= 15 is 0 Å². The van der Waals surface area contributed by atoms with Gasteiger partial charge in [0.2, 0.25) is 5.91 Å². The molecule has 3 rings (SSSR count). The molecule has 0 aliphatic heterocycles. The van der Waals surface area contributed by atoms with Crippen LogP contribution in [0.25, 0.3) is 10.6 Å². The zero-order valence-corrected chi connectivity index (χ0v) is 17.4. The lowest BCUT2D eigenvalue weighted by Crippen LogP contribution is -2.13. The maximum absolute atomic E-state index is 12.8. The molecule has 0 unspecified atom stereocenters. The van der Waals surface area contributed by atoms with Gasteiger partial charge in [0.15, 0.2) is 0 Å². The van der Waals surface area contributed by atoms with Gasteiger partial charge < -0.3 is 15.4 Å². The van der Waals surface area contributed by atoms with Crippen LogP contribution in [0.4, 0.5) is 11.4 Å². The fourth-order valence-corrected chi connectivity index (χ4v) is 3.67. The van der Waals surface area contributed by atoms with Gasteiger partial charge in [-0.25, -0.2) is 4.98 Å². The molecule has 2 amide bonds. The monoisotopic (exact) mass is 409 g/mol. The summed E-state index contributed by atoms with van der Waals surface area (Å²) in [5.41, 5.74) is 2.86. The highest BCUT2D eigenvalue weighted by Crippen LogP contribution is 2.30. The fraction of sp³-hybridized carbons (Fsp3) is 0.227. The number of aryl methyl sites for hydroxylation is 1. The van der Waals surface area contributed by atoms with Crippen molar-refractivity contribution < 1.29 is 14.3 Å². The number of nitrogens with zero attached hydrogens (tertiary/aromatic N) is 1. The number of anilines is 2. The summed E-state index contributed by atoms with van der Waals surface area (Å²) in [5, 5.41) is 6.44. The van der Waals surface area contributed by atoms with E-state index in [0.717, 1.165) is 16.3 Å². The predicted molar refractivity (Wildman–Crippen MR) is 117 cm³/mol. The zero-order chi connectivity index (χ0) is 20.8. The molecule has 150 valence electrons. The molecule has 0 atom stereocenters. The summed E-state index contributed by atoms with van der Waals surface area (Å²) in [4.78, 5) is 29.4. The smallest absolute Gasteiger partial charge is 0.267 e. The summed E-state index contributed by atoms with van der Waals surface area (Å²) < 4.78 is 5.46. The predicted octanol–water partition coefficient (Wildman–Crippen LogP) is 5.12. The van der Waals surface area contributed by atoms with Crippen LogP contribution in [0, 0.1) is 6.92 Å². The van der Waals surface area contributed by atoms with E-state index in [1.165, 1.54) is 11.3 Å². The first-order valence-electron chi connectivity index (χ1n) is 9.42. The lowest BCUT2D eigenvalue weighted by atomic mass is 10.2. The van der Waals surface area contributed by atoms with E-state index in [2.05, 4.69) is 15.6 Å². The van der Waals surface area contributed by atoms with Crippen molar-refractivity contribution in [3.05, 3.63) is 59.1 Å². The van der Waals surface area contributed by atoms with Gasteiger partial charge in [-0.3, -0.25) is 9.59 Å². The van der Waals surface area contributed by atoms with Gasteiger partial charge in [-0.1, -0.05) is 13.0 Å². The summed E-state index contributed by atoms with van der Waals surface area (Å²) in [6.45, 7) is 6.16.